The maximum atomic E-state index is 13.3. The van der Waals surface area contributed by atoms with E-state index in [0.29, 0.717) is 13.1 Å². The smallest absolute Gasteiger partial charge is 0.410 e. The van der Waals surface area contributed by atoms with Crippen LogP contribution >= 0.6 is 0 Å². The van der Waals surface area contributed by atoms with E-state index < -0.39 is 0 Å². The molecule has 2 heterocycles. The number of aromatic amines is 1. The molecule has 6 rings (SSSR count). The van der Waals surface area contributed by atoms with Crippen molar-refractivity contribution in [2.45, 2.75) is 31.5 Å². The fourth-order valence-corrected chi connectivity index (χ4v) is 5.69. The van der Waals surface area contributed by atoms with E-state index in [2.05, 4.69) is 83.1 Å². The van der Waals surface area contributed by atoms with Gasteiger partial charge in [0.05, 0.1) is 5.69 Å². The molecule has 5 nitrogen and oxygen atoms in total. The molecule has 2 N–H and O–H groups in total. The second-order valence-electron chi connectivity index (χ2n) is 10.2. The number of amides is 1. The molecule has 5 heteroatoms. The van der Waals surface area contributed by atoms with Crippen molar-refractivity contribution in [1.82, 2.24) is 15.2 Å². The maximum Gasteiger partial charge on any atom is 0.410 e. The minimum Gasteiger partial charge on any atom is -0.445 e. The van der Waals surface area contributed by atoms with Crippen LogP contribution in [0.5, 0.6) is 0 Å². The zero-order valence-electron chi connectivity index (χ0n) is 21.9. The van der Waals surface area contributed by atoms with Gasteiger partial charge in [-0.05, 0) is 34.7 Å². The lowest BCUT2D eigenvalue weighted by molar-refractivity contribution is 0.0804. The van der Waals surface area contributed by atoms with Crippen LogP contribution in [0.3, 0.4) is 0 Å². The molecule has 0 spiro atoms. The largest absolute Gasteiger partial charge is 0.445 e. The molecule has 1 amide bonds. The van der Waals surface area contributed by atoms with Crippen LogP contribution in [0.15, 0.2) is 115 Å². The average Bonchev–Trinajstić information content (AvgIpc) is 3.40. The number of nitrogens with one attached hydrogen (secondary N) is 2. The first-order chi connectivity index (χ1) is 19.3. The third-order valence-corrected chi connectivity index (χ3v) is 7.67. The standard InChI is InChI=1S/C34H33N3O2/c38-34(39-24-26-14-6-2-7-15-26)37-21-20-30(35-22-25-12-4-1-5-13-25)29(23-37)32-28-18-10-11-19-31(28)36-33(32)27-16-8-3-9-17-27/h1-19,29-30,35-36H,20-24H2/t29-,30-/m0/s1. The van der Waals surface area contributed by atoms with Crippen molar-refractivity contribution in [3.63, 3.8) is 0 Å². The Morgan fingerprint density at radius 1 is 0.821 bits per heavy atom. The normalized spacial score (nSPS) is 17.3. The first kappa shape index (κ1) is 25.0. The van der Waals surface area contributed by atoms with Crippen LogP contribution in [-0.2, 0) is 17.9 Å². The molecule has 4 aromatic carbocycles. The first-order valence-corrected chi connectivity index (χ1v) is 13.7. The molecule has 1 aromatic heterocycles. The third-order valence-electron chi connectivity index (χ3n) is 7.67. The van der Waals surface area contributed by atoms with Crippen molar-refractivity contribution in [3.8, 4) is 11.3 Å². The molecular weight excluding hydrogens is 482 g/mol. The van der Waals surface area contributed by atoms with Gasteiger partial charge in [0, 0.05) is 42.5 Å². The van der Waals surface area contributed by atoms with Gasteiger partial charge in [0.15, 0.2) is 0 Å². The van der Waals surface area contributed by atoms with Crippen LogP contribution in [0.2, 0.25) is 0 Å². The quantitative estimate of drug-likeness (QED) is 0.243. The van der Waals surface area contributed by atoms with E-state index in [-0.39, 0.29) is 24.7 Å². The van der Waals surface area contributed by atoms with Gasteiger partial charge in [0.25, 0.3) is 0 Å². The summed E-state index contributed by atoms with van der Waals surface area (Å²) in [4.78, 5) is 18.8. The zero-order chi connectivity index (χ0) is 26.4. The van der Waals surface area contributed by atoms with E-state index in [1.807, 2.05) is 47.4 Å². The van der Waals surface area contributed by atoms with Crippen molar-refractivity contribution in [1.29, 1.82) is 0 Å². The van der Waals surface area contributed by atoms with Gasteiger partial charge in [-0.15, -0.1) is 0 Å². The number of aromatic nitrogens is 1. The molecule has 0 bridgehead atoms. The van der Waals surface area contributed by atoms with Gasteiger partial charge in [0.2, 0.25) is 0 Å². The monoisotopic (exact) mass is 515 g/mol. The Hall–Kier alpha value is -4.35. The molecule has 39 heavy (non-hydrogen) atoms. The number of rotatable bonds is 7. The second kappa shape index (κ2) is 11.6. The number of fused-ring (bicyclic) bond motifs is 1. The van der Waals surface area contributed by atoms with Gasteiger partial charge in [-0.1, -0.05) is 109 Å². The number of piperidine rings is 1. The van der Waals surface area contributed by atoms with Gasteiger partial charge in [-0.3, -0.25) is 0 Å². The zero-order valence-corrected chi connectivity index (χ0v) is 21.9. The molecule has 2 atom stereocenters. The Morgan fingerprint density at radius 2 is 1.46 bits per heavy atom. The molecular formula is C34H33N3O2. The van der Waals surface area contributed by atoms with E-state index in [9.17, 15) is 4.79 Å². The van der Waals surface area contributed by atoms with Crippen LogP contribution in [0.25, 0.3) is 22.2 Å². The number of ether oxygens (including phenoxy) is 1. The van der Waals surface area contributed by atoms with E-state index in [1.165, 1.54) is 16.5 Å². The predicted octanol–water partition coefficient (Wildman–Crippen LogP) is 7.12. The van der Waals surface area contributed by atoms with Gasteiger partial charge < -0.3 is 19.9 Å². The summed E-state index contributed by atoms with van der Waals surface area (Å²) in [5.41, 5.74) is 6.87. The predicted molar refractivity (Wildman–Crippen MR) is 156 cm³/mol. The van der Waals surface area contributed by atoms with Crippen molar-refractivity contribution < 1.29 is 9.53 Å². The summed E-state index contributed by atoms with van der Waals surface area (Å²) in [6, 6.07) is 39.5. The minimum absolute atomic E-state index is 0.0816. The van der Waals surface area contributed by atoms with Crippen molar-refractivity contribution in [2.75, 3.05) is 13.1 Å². The third kappa shape index (κ3) is 5.59. The van der Waals surface area contributed by atoms with Gasteiger partial charge >= 0.3 is 6.09 Å². The highest BCUT2D eigenvalue weighted by molar-refractivity contribution is 5.91. The number of hydrogen-bond acceptors (Lipinski definition) is 3. The molecule has 0 aliphatic carbocycles. The number of benzene rings is 4. The summed E-state index contributed by atoms with van der Waals surface area (Å²) in [6.07, 6.45) is 0.581. The van der Waals surface area contributed by atoms with Crippen LogP contribution in [0.4, 0.5) is 4.79 Å². The lowest BCUT2D eigenvalue weighted by atomic mass is 9.83. The number of nitrogens with zero attached hydrogens (tertiary/aromatic N) is 1. The van der Waals surface area contributed by atoms with Crippen LogP contribution in [0.1, 0.15) is 29.0 Å². The van der Waals surface area contributed by atoms with Crippen LogP contribution in [-0.4, -0.2) is 35.1 Å². The fourth-order valence-electron chi connectivity index (χ4n) is 5.69. The molecule has 1 fully saturated rings. The number of para-hydroxylation sites is 1. The summed E-state index contributed by atoms with van der Waals surface area (Å²) >= 11 is 0. The van der Waals surface area contributed by atoms with Gasteiger partial charge in [0.1, 0.15) is 6.61 Å². The highest BCUT2D eigenvalue weighted by atomic mass is 16.6. The number of likely N-dealkylation sites (tertiary alicyclic amines) is 1. The lowest BCUT2D eigenvalue weighted by Gasteiger charge is -2.39. The molecule has 0 unspecified atom stereocenters. The van der Waals surface area contributed by atoms with Gasteiger partial charge in [-0.25, -0.2) is 4.79 Å². The Morgan fingerprint density at radius 3 is 2.21 bits per heavy atom. The van der Waals surface area contributed by atoms with E-state index >= 15 is 0 Å². The molecule has 1 aliphatic heterocycles. The van der Waals surface area contributed by atoms with Crippen molar-refractivity contribution in [2.24, 2.45) is 0 Å². The average molecular weight is 516 g/mol. The molecule has 5 aromatic rings. The number of hydrogen-bond donors (Lipinski definition) is 2. The summed E-state index contributed by atoms with van der Waals surface area (Å²) < 4.78 is 5.76. The Kier molecular flexibility index (Phi) is 7.41. The van der Waals surface area contributed by atoms with Crippen LogP contribution in [0, 0.1) is 0 Å². The van der Waals surface area contributed by atoms with E-state index in [4.69, 9.17) is 4.74 Å². The first-order valence-electron chi connectivity index (χ1n) is 13.7. The van der Waals surface area contributed by atoms with E-state index in [1.54, 1.807) is 0 Å². The van der Waals surface area contributed by atoms with Crippen molar-refractivity contribution >= 4 is 17.0 Å². The summed E-state index contributed by atoms with van der Waals surface area (Å²) in [5.74, 6) is 0.0816. The van der Waals surface area contributed by atoms with Gasteiger partial charge in [-0.2, -0.15) is 0 Å². The minimum atomic E-state index is -0.258. The Labute approximate surface area is 229 Å². The second-order valence-corrected chi connectivity index (χ2v) is 10.2. The molecule has 0 saturated carbocycles. The fraction of sp³-hybridized carbons (Fsp3) is 0.206. The SMILES string of the molecule is O=C(OCc1ccccc1)N1CC[C@H](NCc2ccccc2)[C@@H](c2c(-c3ccccc3)[nH]c3ccccc23)C1. The summed E-state index contributed by atoms with van der Waals surface area (Å²) in [5, 5.41) is 5.05. The Bertz CT molecular complexity index is 1520. The number of carbonyl (C=O) groups excluding carboxylic acids is 1. The molecule has 1 saturated heterocycles. The lowest BCUT2D eigenvalue weighted by Crippen LogP contribution is -2.50. The summed E-state index contributed by atoms with van der Waals surface area (Å²) in [7, 11) is 0. The Balaban J connectivity index is 1.33. The number of H-pyrrole nitrogens is 1. The topological polar surface area (TPSA) is 57.4 Å². The summed E-state index contributed by atoms with van der Waals surface area (Å²) in [6.45, 7) is 2.30. The van der Waals surface area contributed by atoms with Crippen molar-refractivity contribution in [3.05, 3.63) is 132 Å². The highest BCUT2D eigenvalue weighted by Gasteiger charge is 2.36. The van der Waals surface area contributed by atoms with Crippen LogP contribution < -0.4 is 5.32 Å². The number of carbonyl (C=O) groups is 1. The highest BCUT2D eigenvalue weighted by Crippen LogP contribution is 2.40. The molecule has 1 aliphatic rings. The maximum absolute atomic E-state index is 13.3. The molecule has 0 radical (unpaired) electrons. The molecule has 196 valence electrons. The van der Waals surface area contributed by atoms with E-state index in [0.717, 1.165) is 35.3 Å².